The van der Waals surface area contributed by atoms with Gasteiger partial charge in [0.15, 0.2) is 6.17 Å². The molecular formula is C43H29N3. The third kappa shape index (κ3) is 4.44. The maximum atomic E-state index is 5.21. The molecule has 0 bridgehead atoms. The van der Waals surface area contributed by atoms with Gasteiger partial charge in [0.1, 0.15) is 11.7 Å². The molecule has 216 valence electrons. The van der Waals surface area contributed by atoms with Crippen LogP contribution in [-0.4, -0.2) is 11.7 Å². The van der Waals surface area contributed by atoms with Gasteiger partial charge in [0.05, 0.1) is 0 Å². The van der Waals surface area contributed by atoms with Gasteiger partial charge in [0.25, 0.3) is 0 Å². The van der Waals surface area contributed by atoms with Gasteiger partial charge >= 0.3 is 0 Å². The van der Waals surface area contributed by atoms with E-state index in [1.165, 1.54) is 38.6 Å². The van der Waals surface area contributed by atoms with Crippen LogP contribution in [0, 0.1) is 0 Å². The molecule has 1 heterocycles. The largest absolute Gasteiger partial charge is 0.324 e. The van der Waals surface area contributed by atoms with Crippen LogP contribution in [0.15, 0.2) is 174 Å². The molecule has 1 N–H and O–H groups in total. The quantitative estimate of drug-likeness (QED) is 0.214. The molecule has 3 nitrogen and oxygen atoms in total. The van der Waals surface area contributed by atoms with Crippen molar-refractivity contribution in [3.63, 3.8) is 0 Å². The lowest BCUT2D eigenvalue weighted by atomic mass is 9.90. The predicted octanol–water partition coefficient (Wildman–Crippen LogP) is 10.3. The standard InChI is InChI=1S/C43H29N3/c1-4-13-28(14-5-1)31-25-32(34-23-24-39-36-20-11-10-19-35(36)38-22-12-21-37(34)40(38)39)27-33(26-31)43-45-41(29-15-6-2-7-16-29)44-42(46-43)30-17-8-3-9-18-30/h1-27,43H,(H,44,45,46). The number of amidine groups is 2. The predicted molar refractivity (Wildman–Crippen MR) is 191 cm³/mol. The number of hydrogen-bond acceptors (Lipinski definition) is 3. The third-order valence-corrected chi connectivity index (χ3v) is 9.05. The first-order chi connectivity index (χ1) is 22.8. The molecule has 1 aliphatic heterocycles. The summed E-state index contributed by atoms with van der Waals surface area (Å²) in [5.74, 6) is 1.63. The first-order valence-corrected chi connectivity index (χ1v) is 15.7. The Hall–Kier alpha value is -6.06. The smallest absolute Gasteiger partial charge is 0.169 e. The number of nitrogens with one attached hydrogen (secondary N) is 1. The first-order valence-electron chi connectivity index (χ1n) is 15.7. The molecule has 7 aromatic rings. The topological polar surface area (TPSA) is 36.8 Å². The molecule has 0 atom stereocenters. The minimum absolute atomic E-state index is 0.421. The average Bonchev–Trinajstić information content (AvgIpc) is 3.47. The van der Waals surface area contributed by atoms with E-state index >= 15 is 0 Å². The fraction of sp³-hybridized carbons (Fsp3) is 0.0233. The van der Waals surface area contributed by atoms with E-state index in [-0.39, 0.29) is 0 Å². The van der Waals surface area contributed by atoms with E-state index in [4.69, 9.17) is 9.98 Å². The second-order valence-corrected chi connectivity index (χ2v) is 11.8. The van der Waals surface area contributed by atoms with Gasteiger partial charge in [-0.25, -0.2) is 9.98 Å². The van der Waals surface area contributed by atoms with Crippen LogP contribution in [0.2, 0.25) is 0 Å². The van der Waals surface area contributed by atoms with Gasteiger partial charge in [-0.05, 0) is 79.0 Å². The number of benzene rings is 7. The summed E-state index contributed by atoms with van der Waals surface area (Å²) in [5, 5.41) is 6.11. The lowest BCUT2D eigenvalue weighted by Crippen LogP contribution is -2.36. The summed E-state index contributed by atoms with van der Waals surface area (Å²) in [4.78, 5) is 10.4. The average molecular weight is 588 g/mol. The summed E-state index contributed by atoms with van der Waals surface area (Å²) in [5.41, 5.74) is 13.0. The van der Waals surface area contributed by atoms with E-state index in [0.29, 0.717) is 0 Å². The molecule has 7 aromatic carbocycles. The highest BCUT2D eigenvalue weighted by molar-refractivity contribution is 6.19. The first kappa shape index (κ1) is 26.4. The van der Waals surface area contributed by atoms with Gasteiger partial charge in [-0.3, -0.25) is 0 Å². The Labute approximate surface area is 268 Å². The second kappa shape index (κ2) is 10.8. The van der Waals surface area contributed by atoms with Crippen molar-refractivity contribution in [1.82, 2.24) is 5.32 Å². The van der Waals surface area contributed by atoms with Gasteiger partial charge in [0, 0.05) is 11.1 Å². The number of hydrogen-bond donors (Lipinski definition) is 1. The highest BCUT2D eigenvalue weighted by Crippen LogP contribution is 2.49. The number of fused-ring (bicyclic) bond motifs is 3. The minimum atomic E-state index is -0.421. The van der Waals surface area contributed by atoms with Crippen LogP contribution >= 0.6 is 0 Å². The van der Waals surface area contributed by atoms with E-state index in [0.717, 1.165) is 45.1 Å². The van der Waals surface area contributed by atoms with E-state index in [1.807, 2.05) is 36.4 Å². The van der Waals surface area contributed by atoms with Crippen molar-refractivity contribution in [2.75, 3.05) is 0 Å². The Balaban J connectivity index is 1.26. The lowest BCUT2D eigenvalue weighted by Gasteiger charge is -2.23. The molecule has 0 fully saturated rings. The van der Waals surface area contributed by atoms with Crippen molar-refractivity contribution in [1.29, 1.82) is 0 Å². The van der Waals surface area contributed by atoms with Gasteiger partial charge in [0.2, 0.25) is 0 Å². The van der Waals surface area contributed by atoms with Crippen LogP contribution in [-0.2, 0) is 0 Å². The lowest BCUT2D eigenvalue weighted by molar-refractivity contribution is 0.756. The van der Waals surface area contributed by atoms with Crippen molar-refractivity contribution in [3.8, 4) is 44.5 Å². The van der Waals surface area contributed by atoms with Crippen LogP contribution in [0.5, 0.6) is 0 Å². The Morgan fingerprint density at radius 3 is 1.50 bits per heavy atom. The van der Waals surface area contributed by atoms with E-state index in [2.05, 4.69) is 133 Å². The summed E-state index contributed by atoms with van der Waals surface area (Å²) in [7, 11) is 0. The van der Waals surface area contributed by atoms with Crippen LogP contribution in [0.25, 0.3) is 55.3 Å². The summed E-state index contributed by atoms with van der Waals surface area (Å²) in [6.45, 7) is 0. The molecule has 0 unspecified atom stereocenters. The molecule has 1 aliphatic carbocycles. The Bertz CT molecular complexity index is 2240. The molecule has 0 saturated carbocycles. The van der Waals surface area contributed by atoms with Crippen molar-refractivity contribution in [3.05, 3.63) is 180 Å². The van der Waals surface area contributed by atoms with Gasteiger partial charge < -0.3 is 5.32 Å². The monoisotopic (exact) mass is 587 g/mol. The number of rotatable bonds is 5. The van der Waals surface area contributed by atoms with Crippen LogP contribution in [0.1, 0.15) is 22.9 Å². The fourth-order valence-electron chi connectivity index (χ4n) is 6.90. The minimum Gasteiger partial charge on any atom is -0.324 e. The van der Waals surface area contributed by atoms with Gasteiger partial charge in [-0.2, -0.15) is 0 Å². The molecule has 0 radical (unpaired) electrons. The summed E-state index contributed by atoms with van der Waals surface area (Å²) >= 11 is 0. The molecule has 2 aliphatic rings. The molecule has 46 heavy (non-hydrogen) atoms. The normalized spacial score (nSPS) is 13.6. The van der Waals surface area contributed by atoms with Gasteiger partial charge in [-0.15, -0.1) is 0 Å². The molecule has 0 aromatic heterocycles. The fourth-order valence-corrected chi connectivity index (χ4v) is 6.90. The van der Waals surface area contributed by atoms with Crippen molar-refractivity contribution in [2.45, 2.75) is 6.17 Å². The SMILES string of the molecule is c1ccc(C2=NC(c3cc(-c4ccccc4)cc(-c4ccc5c6c(cccc46)-c4ccccc4-5)c3)N=C(c3ccccc3)N2)cc1. The third-order valence-electron chi connectivity index (χ3n) is 9.05. The highest BCUT2D eigenvalue weighted by atomic mass is 15.2. The summed E-state index contributed by atoms with van der Waals surface area (Å²) in [6.07, 6.45) is -0.421. The summed E-state index contributed by atoms with van der Waals surface area (Å²) < 4.78 is 0. The van der Waals surface area contributed by atoms with E-state index in [1.54, 1.807) is 0 Å². The molecule has 9 rings (SSSR count). The van der Waals surface area contributed by atoms with Gasteiger partial charge in [-0.1, -0.05) is 146 Å². The summed E-state index contributed by atoms with van der Waals surface area (Å²) in [6, 6.07) is 58.1. The zero-order valence-corrected chi connectivity index (χ0v) is 25.1. The molecule has 0 spiro atoms. The van der Waals surface area contributed by atoms with Crippen molar-refractivity contribution in [2.24, 2.45) is 9.98 Å². The molecule has 0 saturated heterocycles. The molecular weight excluding hydrogens is 558 g/mol. The Morgan fingerprint density at radius 2 is 0.870 bits per heavy atom. The van der Waals surface area contributed by atoms with E-state index in [9.17, 15) is 0 Å². The second-order valence-electron chi connectivity index (χ2n) is 11.8. The van der Waals surface area contributed by atoms with Crippen LogP contribution in [0.3, 0.4) is 0 Å². The van der Waals surface area contributed by atoms with E-state index < -0.39 is 6.17 Å². The zero-order valence-electron chi connectivity index (χ0n) is 25.1. The Morgan fingerprint density at radius 1 is 0.370 bits per heavy atom. The number of nitrogens with zero attached hydrogens (tertiary/aromatic N) is 2. The highest BCUT2D eigenvalue weighted by Gasteiger charge is 2.24. The maximum Gasteiger partial charge on any atom is 0.169 e. The molecule has 3 heteroatoms. The maximum absolute atomic E-state index is 5.21. The zero-order chi connectivity index (χ0) is 30.5. The van der Waals surface area contributed by atoms with Crippen LogP contribution < -0.4 is 5.32 Å². The van der Waals surface area contributed by atoms with Crippen LogP contribution in [0.4, 0.5) is 0 Å². The van der Waals surface area contributed by atoms with Crippen molar-refractivity contribution < 1.29 is 0 Å². The van der Waals surface area contributed by atoms with Crippen molar-refractivity contribution >= 4 is 22.4 Å². The number of aliphatic imine (C=N–C) groups is 2. The Kier molecular flexibility index (Phi) is 6.20. The molecule has 0 amide bonds.